The molecule has 0 heterocycles. The van der Waals surface area contributed by atoms with Crippen molar-refractivity contribution in [1.29, 1.82) is 0 Å². The molecular weight excluding hydrogens is 304 g/mol. The zero-order valence-corrected chi connectivity index (χ0v) is 14.7. The highest BCUT2D eigenvalue weighted by atomic mass is 16.6. The van der Waals surface area contributed by atoms with Gasteiger partial charge in [-0.1, -0.05) is 48.1 Å². The van der Waals surface area contributed by atoms with Crippen LogP contribution < -0.4 is 0 Å². The molecule has 0 aliphatic carbocycles. The summed E-state index contributed by atoms with van der Waals surface area (Å²) in [6, 6.07) is 9.74. The first-order valence-corrected chi connectivity index (χ1v) is 8.17. The molecule has 0 radical (unpaired) electrons. The van der Waals surface area contributed by atoms with Crippen LogP contribution in [0, 0.1) is 5.41 Å². The molecule has 4 heteroatoms. The van der Waals surface area contributed by atoms with Gasteiger partial charge >= 0.3 is 11.9 Å². The molecule has 0 bridgehead atoms. The molecule has 130 valence electrons. The summed E-state index contributed by atoms with van der Waals surface area (Å²) in [6.07, 6.45) is 3.91. The van der Waals surface area contributed by atoms with Gasteiger partial charge in [0.05, 0.1) is 13.2 Å². The Bertz CT molecular complexity index is 569. The van der Waals surface area contributed by atoms with Crippen LogP contribution in [0.15, 0.2) is 48.6 Å². The minimum atomic E-state index is -1.39. The van der Waals surface area contributed by atoms with Crippen LogP contribution >= 0.6 is 0 Å². The summed E-state index contributed by atoms with van der Waals surface area (Å²) < 4.78 is 10.3. The minimum Gasteiger partial charge on any atom is -0.465 e. The number of rotatable bonds is 9. The highest BCUT2D eigenvalue weighted by Crippen LogP contribution is 2.35. The van der Waals surface area contributed by atoms with Gasteiger partial charge in [-0.3, -0.25) is 9.59 Å². The number of benzene rings is 1. The Kier molecular flexibility index (Phi) is 7.96. The summed E-state index contributed by atoms with van der Waals surface area (Å²) in [7, 11) is 0. The average molecular weight is 330 g/mol. The summed E-state index contributed by atoms with van der Waals surface area (Å²) in [5.74, 6) is -1.13. The maximum absolute atomic E-state index is 12.6. The van der Waals surface area contributed by atoms with Crippen molar-refractivity contribution in [2.24, 2.45) is 5.41 Å². The standard InChI is InChI=1S/C20H26O4/c1-5-13-20(18(21)23-6-2,19(22)24-7-3)15-16(4)14-17-11-9-8-10-12-17/h5,8-12,14H,1,6-7,13,15H2,2-4H3/b16-14+. The second kappa shape index (κ2) is 9.71. The SMILES string of the molecule is C=CCC(C/C(C)=C/c1ccccc1)(C(=O)OCC)C(=O)OCC. The van der Waals surface area contributed by atoms with Crippen molar-refractivity contribution in [3.05, 3.63) is 54.1 Å². The average Bonchev–Trinajstić information content (AvgIpc) is 2.55. The molecule has 0 fully saturated rings. The van der Waals surface area contributed by atoms with Crippen LogP contribution in [-0.4, -0.2) is 25.2 Å². The molecule has 1 aromatic carbocycles. The maximum Gasteiger partial charge on any atom is 0.324 e. The second-order valence-electron chi connectivity index (χ2n) is 5.59. The Hall–Kier alpha value is -2.36. The fourth-order valence-electron chi connectivity index (χ4n) is 2.61. The molecule has 0 N–H and O–H groups in total. The molecule has 0 saturated heterocycles. The topological polar surface area (TPSA) is 52.6 Å². The molecule has 0 amide bonds. The second-order valence-corrected chi connectivity index (χ2v) is 5.59. The van der Waals surface area contributed by atoms with E-state index in [1.165, 1.54) is 0 Å². The third kappa shape index (κ3) is 5.08. The van der Waals surface area contributed by atoms with Crippen molar-refractivity contribution >= 4 is 18.0 Å². The smallest absolute Gasteiger partial charge is 0.324 e. The summed E-state index contributed by atoms with van der Waals surface area (Å²) in [6.45, 7) is 9.43. The number of esters is 2. The van der Waals surface area contributed by atoms with Crippen molar-refractivity contribution < 1.29 is 19.1 Å². The van der Waals surface area contributed by atoms with E-state index in [4.69, 9.17) is 9.47 Å². The number of allylic oxidation sites excluding steroid dienone is 2. The fourth-order valence-corrected chi connectivity index (χ4v) is 2.61. The van der Waals surface area contributed by atoms with Crippen molar-refractivity contribution in [1.82, 2.24) is 0 Å². The maximum atomic E-state index is 12.6. The lowest BCUT2D eigenvalue weighted by molar-refractivity contribution is -0.171. The molecule has 0 saturated carbocycles. The zero-order chi connectivity index (χ0) is 18.0. The van der Waals surface area contributed by atoms with Crippen molar-refractivity contribution in [3.63, 3.8) is 0 Å². The number of carbonyl (C=O) groups excluding carboxylic acids is 2. The molecule has 0 aromatic heterocycles. The molecule has 1 rings (SSSR count). The Labute approximate surface area is 144 Å². The molecule has 0 spiro atoms. The Morgan fingerprint density at radius 3 is 2.08 bits per heavy atom. The first-order valence-electron chi connectivity index (χ1n) is 8.17. The fraction of sp³-hybridized carbons (Fsp3) is 0.400. The molecule has 0 atom stereocenters. The van der Waals surface area contributed by atoms with Gasteiger partial charge < -0.3 is 9.47 Å². The van der Waals surface area contributed by atoms with Gasteiger partial charge in [0, 0.05) is 0 Å². The van der Waals surface area contributed by atoms with Gasteiger partial charge in [0.25, 0.3) is 0 Å². The molecule has 24 heavy (non-hydrogen) atoms. The summed E-state index contributed by atoms with van der Waals surface area (Å²) in [5.41, 5.74) is 0.516. The van der Waals surface area contributed by atoms with E-state index in [0.717, 1.165) is 11.1 Å². The van der Waals surface area contributed by atoms with E-state index < -0.39 is 17.4 Å². The molecule has 4 nitrogen and oxygen atoms in total. The zero-order valence-electron chi connectivity index (χ0n) is 14.7. The van der Waals surface area contributed by atoms with E-state index in [2.05, 4.69) is 6.58 Å². The number of hydrogen-bond acceptors (Lipinski definition) is 4. The van der Waals surface area contributed by atoms with Gasteiger partial charge in [0.15, 0.2) is 5.41 Å². The molecule has 0 aliphatic heterocycles. The van der Waals surface area contributed by atoms with Gasteiger partial charge in [0.2, 0.25) is 0 Å². The van der Waals surface area contributed by atoms with Gasteiger partial charge in [-0.15, -0.1) is 6.58 Å². The van der Waals surface area contributed by atoms with Crippen LogP contribution in [0.3, 0.4) is 0 Å². The summed E-state index contributed by atoms with van der Waals surface area (Å²) in [5, 5.41) is 0. The van der Waals surface area contributed by atoms with E-state index in [0.29, 0.717) is 0 Å². The van der Waals surface area contributed by atoms with Gasteiger partial charge in [0.1, 0.15) is 0 Å². The van der Waals surface area contributed by atoms with Crippen LogP contribution in [0.4, 0.5) is 0 Å². The lowest BCUT2D eigenvalue weighted by Crippen LogP contribution is -2.42. The quantitative estimate of drug-likeness (QED) is 0.387. The van der Waals surface area contributed by atoms with E-state index in [-0.39, 0.29) is 26.1 Å². The van der Waals surface area contributed by atoms with E-state index in [1.807, 2.05) is 43.3 Å². The molecule has 1 aromatic rings. The van der Waals surface area contributed by atoms with Crippen LogP contribution in [0.25, 0.3) is 6.08 Å². The summed E-state index contributed by atoms with van der Waals surface area (Å²) >= 11 is 0. The molecular formula is C20H26O4. The minimum absolute atomic E-state index is 0.171. The van der Waals surface area contributed by atoms with Crippen LogP contribution in [0.5, 0.6) is 0 Å². The predicted molar refractivity (Wildman–Crippen MR) is 95.2 cm³/mol. The first kappa shape index (κ1) is 19.7. The highest BCUT2D eigenvalue weighted by molar-refractivity contribution is 6.00. The van der Waals surface area contributed by atoms with Crippen molar-refractivity contribution in [3.8, 4) is 0 Å². The predicted octanol–water partition coefficient (Wildman–Crippen LogP) is 4.17. The molecule has 0 aliphatic rings. The molecule has 0 unspecified atom stereocenters. The van der Waals surface area contributed by atoms with Crippen LogP contribution in [0.2, 0.25) is 0 Å². The third-order valence-corrected chi connectivity index (χ3v) is 3.62. The van der Waals surface area contributed by atoms with Crippen LogP contribution in [0.1, 0.15) is 39.2 Å². The number of hydrogen-bond donors (Lipinski definition) is 0. The van der Waals surface area contributed by atoms with E-state index in [9.17, 15) is 9.59 Å². The lowest BCUT2D eigenvalue weighted by atomic mass is 9.78. The Balaban J connectivity index is 3.19. The van der Waals surface area contributed by atoms with Gasteiger partial charge in [-0.2, -0.15) is 0 Å². The summed E-state index contributed by atoms with van der Waals surface area (Å²) in [4.78, 5) is 25.1. The van der Waals surface area contributed by atoms with Crippen LogP contribution in [-0.2, 0) is 19.1 Å². The van der Waals surface area contributed by atoms with Crippen molar-refractivity contribution in [2.45, 2.75) is 33.6 Å². The third-order valence-electron chi connectivity index (χ3n) is 3.62. The highest BCUT2D eigenvalue weighted by Gasteiger charge is 2.47. The number of carbonyl (C=O) groups is 2. The monoisotopic (exact) mass is 330 g/mol. The van der Waals surface area contributed by atoms with Gasteiger partial charge in [-0.25, -0.2) is 0 Å². The Morgan fingerprint density at radius 1 is 1.08 bits per heavy atom. The van der Waals surface area contributed by atoms with Gasteiger partial charge in [-0.05, 0) is 39.2 Å². The van der Waals surface area contributed by atoms with Crippen molar-refractivity contribution in [2.75, 3.05) is 13.2 Å². The largest absolute Gasteiger partial charge is 0.465 e. The lowest BCUT2D eigenvalue weighted by Gasteiger charge is -2.28. The normalized spacial score (nSPS) is 11.7. The first-order chi connectivity index (χ1) is 11.5. The van der Waals surface area contributed by atoms with E-state index in [1.54, 1.807) is 19.9 Å². The van der Waals surface area contributed by atoms with E-state index >= 15 is 0 Å². The Morgan fingerprint density at radius 2 is 1.62 bits per heavy atom. The number of ether oxygens (including phenoxy) is 2.